The van der Waals surface area contributed by atoms with Crippen LogP contribution < -0.4 is 10.5 Å². The van der Waals surface area contributed by atoms with Crippen molar-refractivity contribution in [1.82, 2.24) is 10.2 Å². The van der Waals surface area contributed by atoms with Crippen molar-refractivity contribution in [3.63, 3.8) is 0 Å². The molecule has 8 heteroatoms. The normalized spacial score (nSPS) is 11.4. The highest BCUT2D eigenvalue weighted by Crippen LogP contribution is 2.22. The molecule has 0 saturated heterocycles. The highest BCUT2D eigenvalue weighted by atomic mass is 32.2. The number of anilines is 2. The van der Waals surface area contributed by atoms with E-state index in [0.29, 0.717) is 5.56 Å². The third-order valence-electron chi connectivity index (χ3n) is 2.37. The lowest BCUT2D eigenvalue weighted by atomic mass is 10.2. The molecule has 0 aliphatic rings. The van der Waals surface area contributed by atoms with E-state index in [1.807, 2.05) is 0 Å². The van der Waals surface area contributed by atoms with Gasteiger partial charge in [0.2, 0.25) is 0 Å². The van der Waals surface area contributed by atoms with E-state index < -0.39 is 15.8 Å². The first-order valence-corrected chi connectivity index (χ1v) is 6.46. The van der Waals surface area contributed by atoms with Gasteiger partial charge in [-0.05, 0) is 24.6 Å². The average Bonchev–Trinajstić information content (AvgIpc) is 2.70. The van der Waals surface area contributed by atoms with Gasteiger partial charge in [0.25, 0.3) is 10.0 Å². The highest BCUT2D eigenvalue weighted by Gasteiger charge is 2.20. The van der Waals surface area contributed by atoms with Gasteiger partial charge in [0.05, 0.1) is 11.9 Å². The van der Waals surface area contributed by atoms with Crippen LogP contribution in [-0.4, -0.2) is 18.6 Å². The van der Waals surface area contributed by atoms with Crippen molar-refractivity contribution < 1.29 is 12.8 Å². The first-order chi connectivity index (χ1) is 8.40. The van der Waals surface area contributed by atoms with Crippen molar-refractivity contribution >= 4 is 21.5 Å². The van der Waals surface area contributed by atoms with Gasteiger partial charge in [0.15, 0.2) is 0 Å². The number of halogens is 1. The summed E-state index contributed by atoms with van der Waals surface area (Å²) in [6.07, 6.45) is 1.09. The molecule has 0 aliphatic heterocycles. The molecule has 18 heavy (non-hydrogen) atoms. The van der Waals surface area contributed by atoms with Gasteiger partial charge in [-0.25, -0.2) is 12.8 Å². The monoisotopic (exact) mass is 270 g/mol. The lowest BCUT2D eigenvalue weighted by molar-refractivity contribution is 0.601. The van der Waals surface area contributed by atoms with Crippen LogP contribution in [0.4, 0.5) is 15.9 Å². The summed E-state index contributed by atoms with van der Waals surface area (Å²) in [7, 11) is -3.88. The largest absolute Gasteiger partial charge is 0.383 e. The zero-order valence-electron chi connectivity index (χ0n) is 9.44. The summed E-state index contributed by atoms with van der Waals surface area (Å²) < 4.78 is 39.3. The summed E-state index contributed by atoms with van der Waals surface area (Å²) in [6, 6.07) is 3.83. The maximum atomic E-state index is 13.1. The molecule has 0 unspecified atom stereocenters. The Hall–Kier alpha value is -2.09. The smallest absolute Gasteiger partial charge is 0.267 e. The van der Waals surface area contributed by atoms with Crippen molar-refractivity contribution in [3.05, 3.63) is 35.8 Å². The molecule has 6 nitrogen and oxygen atoms in total. The second kappa shape index (κ2) is 4.30. The lowest BCUT2D eigenvalue weighted by Crippen LogP contribution is -2.14. The molecule has 2 rings (SSSR count). The number of sulfonamides is 1. The number of aryl methyl sites for hydroxylation is 1. The molecule has 1 aromatic heterocycles. The standard InChI is InChI=1S/C10H11FN4O2S/c1-6-2-3-7(11)4-8(6)15-18(16,17)9-5-13-14-10(9)12/h2-5,15H,1H3,(H3,12,13,14). The molecule has 4 N–H and O–H groups in total. The number of benzene rings is 1. The predicted molar refractivity (Wildman–Crippen MR) is 64.9 cm³/mol. The van der Waals surface area contributed by atoms with Crippen LogP contribution in [0.2, 0.25) is 0 Å². The van der Waals surface area contributed by atoms with Gasteiger partial charge >= 0.3 is 0 Å². The van der Waals surface area contributed by atoms with Crippen molar-refractivity contribution in [2.45, 2.75) is 11.8 Å². The Kier molecular flexibility index (Phi) is 2.95. The van der Waals surface area contributed by atoms with Crippen molar-refractivity contribution in [2.24, 2.45) is 0 Å². The Morgan fingerprint density at radius 2 is 2.17 bits per heavy atom. The quantitative estimate of drug-likeness (QED) is 0.781. The number of hydrogen-bond donors (Lipinski definition) is 3. The zero-order valence-corrected chi connectivity index (χ0v) is 10.3. The molecule has 2 aromatic rings. The van der Waals surface area contributed by atoms with Gasteiger partial charge in [0.1, 0.15) is 16.5 Å². The molecule has 0 fully saturated rings. The third-order valence-corrected chi connectivity index (χ3v) is 3.76. The Balaban J connectivity index is 2.40. The first-order valence-electron chi connectivity index (χ1n) is 4.98. The van der Waals surface area contributed by atoms with Crippen LogP contribution in [0.1, 0.15) is 5.56 Å². The number of nitrogen functional groups attached to an aromatic ring is 1. The van der Waals surface area contributed by atoms with Gasteiger partial charge in [-0.2, -0.15) is 5.10 Å². The number of aromatic amines is 1. The van der Waals surface area contributed by atoms with E-state index in [1.165, 1.54) is 12.1 Å². The predicted octanol–water partition coefficient (Wildman–Crippen LogP) is 1.24. The minimum atomic E-state index is -3.88. The number of nitrogens with zero attached hydrogens (tertiary/aromatic N) is 1. The van der Waals surface area contributed by atoms with Gasteiger partial charge < -0.3 is 5.73 Å². The summed E-state index contributed by atoms with van der Waals surface area (Å²) >= 11 is 0. The van der Waals surface area contributed by atoms with E-state index in [1.54, 1.807) is 6.92 Å². The molecule has 0 radical (unpaired) electrons. The second-order valence-corrected chi connectivity index (χ2v) is 5.36. The van der Waals surface area contributed by atoms with Crippen molar-refractivity contribution in [1.29, 1.82) is 0 Å². The molecule has 0 amide bonds. The molecule has 0 bridgehead atoms. The number of rotatable bonds is 3. The van der Waals surface area contributed by atoms with E-state index in [-0.39, 0.29) is 16.4 Å². The van der Waals surface area contributed by atoms with Crippen LogP contribution in [0.5, 0.6) is 0 Å². The maximum Gasteiger partial charge on any atom is 0.267 e. The molecular weight excluding hydrogens is 259 g/mol. The lowest BCUT2D eigenvalue weighted by Gasteiger charge is -2.09. The Morgan fingerprint density at radius 1 is 1.44 bits per heavy atom. The number of nitrogens with one attached hydrogen (secondary N) is 2. The average molecular weight is 270 g/mol. The van der Waals surface area contributed by atoms with Crippen LogP contribution >= 0.6 is 0 Å². The SMILES string of the molecule is Cc1ccc(F)cc1NS(=O)(=O)c1cn[nH]c1N. The molecular formula is C10H11FN4O2S. The molecule has 0 aliphatic carbocycles. The highest BCUT2D eigenvalue weighted by molar-refractivity contribution is 7.92. The van der Waals surface area contributed by atoms with Crippen LogP contribution in [0.15, 0.2) is 29.3 Å². The fourth-order valence-electron chi connectivity index (χ4n) is 1.40. The topological polar surface area (TPSA) is 101 Å². The minimum Gasteiger partial charge on any atom is -0.383 e. The molecule has 1 heterocycles. The fourth-order valence-corrected chi connectivity index (χ4v) is 2.55. The van der Waals surface area contributed by atoms with Crippen LogP contribution in [0.25, 0.3) is 0 Å². The fraction of sp³-hybridized carbons (Fsp3) is 0.100. The van der Waals surface area contributed by atoms with Crippen LogP contribution in [0.3, 0.4) is 0 Å². The van der Waals surface area contributed by atoms with E-state index in [9.17, 15) is 12.8 Å². The summed E-state index contributed by atoms with van der Waals surface area (Å²) in [5, 5.41) is 5.85. The van der Waals surface area contributed by atoms with Gasteiger partial charge in [-0.3, -0.25) is 9.82 Å². The molecule has 0 atom stereocenters. The summed E-state index contributed by atoms with van der Waals surface area (Å²) in [5.41, 5.74) is 6.20. The summed E-state index contributed by atoms with van der Waals surface area (Å²) in [4.78, 5) is -0.175. The van der Waals surface area contributed by atoms with E-state index in [0.717, 1.165) is 12.3 Å². The van der Waals surface area contributed by atoms with Crippen LogP contribution in [-0.2, 0) is 10.0 Å². The first kappa shape index (κ1) is 12.4. The number of H-pyrrole nitrogens is 1. The molecule has 96 valence electrons. The third kappa shape index (κ3) is 2.28. The van der Waals surface area contributed by atoms with Crippen LogP contribution in [0, 0.1) is 12.7 Å². The van der Waals surface area contributed by atoms with E-state index in [4.69, 9.17) is 5.73 Å². The minimum absolute atomic E-state index is 0.0726. The Morgan fingerprint density at radius 3 is 2.78 bits per heavy atom. The number of nitrogens with two attached hydrogens (primary N) is 1. The van der Waals surface area contributed by atoms with Gasteiger partial charge in [-0.15, -0.1) is 0 Å². The second-order valence-electron chi connectivity index (χ2n) is 3.71. The van der Waals surface area contributed by atoms with Gasteiger partial charge in [-0.1, -0.05) is 6.07 Å². The molecule has 0 spiro atoms. The summed E-state index contributed by atoms with van der Waals surface area (Å²) in [6.45, 7) is 1.66. The van der Waals surface area contributed by atoms with Gasteiger partial charge in [0, 0.05) is 0 Å². The Bertz CT molecular complexity index is 681. The molecule has 0 saturated carbocycles. The number of aromatic nitrogens is 2. The summed E-state index contributed by atoms with van der Waals surface area (Å²) in [5.74, 6) is -0.602. The molecule has 1 aromatic carbocycles. The number of hydrogen-bond acceptors (Lipinski definition) is 4. The Labute approximate surface area is 103 Å². The zero-order chi connectivity index (χ0) is 13.3. The van der Waals surface area contributed by atoms with E-state index >= 15 is 0 Å². The van der Waals surface area contributed by atoms with E-state index in [2.05, 4.69) is 14.9 Å². The van der Waals surface area contributed by atoms with Crippen molar-refractivity contribution in [3.8, 4) is 0 Å². The van der Waals surface area contributed by atoms with Crippen molar-refractivity contribution in [2.75, 3.05) is 10.5 Å². The maximum absolute atomic E-state index is 13.1.